The van der Waals surface area contributed by atoms with Crippen molar-refractivity contribution in [2.24, 2.45) is 11.5 Å². The van der Waals surface area contributed by atoms with Gasteiger partial charge in [-0.05, 0) is 20.3 Å². The Hall–Kier alpha value is 0.210. The van der Waals surface area contributed by atoms with Crippen LogP contribution in [0.5, 0.6) is 0 Å². The van der Waals surface area contributed by atoms with Crippen molar-refractivity contribution in [2.45, 2.75) is 32.4 Å². The van der Waals surface area contributed by atoms with E-state index in [0.717, 1.165) is 6.42 Å². The van der Waals surface area contributed by atoms with Crippen molar-refractivity contribution in [3.8, 4) is 0 Å². The lowest BCUT2D eigenvalue weighted by atomic mass is 10.1. The summed E-state index contributed by atoms with van der Waals surface area (Å²) in [6, 6.07) is 0.500. The molecule has 0 rings (SSSR count). The Balaban J connectivity index is 0. The van der Waals surface area contributed by atoms with E-state index in [9.17, 15) is 0 Å². The lowest BCUT2D eigenvalue weighted by molar-refractivity contribution is 0.580. The predicted octanol–water partition coefficient (Wildman–Crippen LogP) is 0.493. The quantitative estimate of drug-likeness (QED) is 0.584. The summed E-state index contributed by atoms with van der Waals surface area (Å²) in [5, 5.41) is 0. The minimum absolute atomic E-state index is 0. The molecule has 0 aromatic carbocycles. The van der Waals surface area contributed by atoms with Crippen molar-refractivity contribution in [3.63, 3.8) is 0 Å². The minimum Gasteiger partial charge on any atom is -0.328 e. The smallest absolute Gasteiger partial charge is 0.00251 e. The molecule has 0 aliphatic rings. The molecule has 0 bridgehead atoms. The highest BCUT2D eigenvalue weighted by Crippen LogP contribution is 1.88. The van der Waals surface area contributed by atoms with Crippen LogP contribution < -0.4 is 11.5 Å². The summed E-state index contributed by atoms with van der Waals surface area (Å²) >= 11 is 0. The van der Waals surface area contributed by atoms with Gasteiger partial charge in [0.2, 0.25) is 0 Å². The van der Waals surface area contributed by atoms with Crippen LogP contribution in [-0.2, 0) is 0 Å². The molecule has 0 amide bonds. The molecule has 8 heavy (non-hydrogen) atoms. The lowest BCUT2D eigenvalue weighted by Crippen LogP contribution is -2.26. The van der Waals surface area contributed by atoms with Crippen molar-refractivity contribution in [1.82, 2.24) is 0 Å². The molecule has 4 N–H and O–H groups in total. The number of hydrogen-bond acceptors (Lipinski definition) is 2. The van der Waals surface area contributed by atoms with Gasteiger partial charge in [0.05, 0.1) is 0 Å². The lowest BCUT2D eigenvalue weighted by Gasteiger charge is -2.06. The van der Waals surface area contributed by atoms with Gasteiger partial charge in [0.1, 0.15) is 0 Å². The highest BCUT2D eigenvalue weighted by atomic mass is 35.5. The first-order chi connectivity index (χ1) is 3.13. The first-order valence-electron chi connectivity index (χ1n) is 2.64. The summed E-state index contributed by atoms with van der Waals surface area (Å²) in [5.41, 5.74) is 10.8. The van der Waals surface area contributed by atoms with Crippen LogP contribution in [0, 0.1) is 0 Å². The highest BCUT2D eigenvalue weighted by Gasteiger charge is 1.96. The van der Waals surface area contributed by atoms with Crippen LogP contribution in [0.4, 0.5) is 0 Å². The van der Waals surface area contributed by atoms with Gasteiger partial charge in [0.15, 0.2) is 0 Å². The first kappa shape index (κ1) is 11.1. The summed E-state index contributed by atoms with van der Waals surface area (Å²) in [6.07, 6.45) is 0.917. The molecule has 0 aliphatic carbocycles. The fraction of sp³-hybridized carbons (Fsp3) is 1.00. The third kappa shape index (κ3) is 9.51. The van der Waals surface area contributed by atoms with E-state index in [2.05, 4.69) is 0 Å². The Morgan fingerprint density at radius 3 is 1.38 bits per heavy atom. The number of nitrogens with two attached hydrogens (primary N) is 2. The highest BCUT2D eigenvalue weighted by molar-refractivity contribution is 5.85. The van der Waals surface area contributed by atoms with Gasteiger partial charge in [-0.25, -0.2) is 0 Å². The van der Waals surface area contributed by atoms with Crippen LogP contribution >= 0.6 is 12.4 Å². The molecule has 2 nitrogen and oxygen atoms in total. The Labute approximate surface area is 57.0 Å². The van der Waals surface area contributed by atoms with E-state index in [0.29, 0.717) is 0 Å². The van der Waals surface area contributed by atoms with Crippen molar-refractivity contribution in [1.29, 1.82) is 0 Å². The maximum absolute atomic E-state index is 5.41. The Kier molecular flexibility index (Phi) is 7.40. The summed E-state index contributed by atoms with van der Waals surface area (Å²) in [6.45, 7) is 3.92. The van der Waals surface area contributed by atoms with Crippen LogP contribution in [0.1, 0.15) is 20.3 Å². The first-order valence-corrected chi connectivity index (χ1v) is 2.64. The zero-order valence-corrected chi connectivity index (χ0v) is 6.24. The van der Waals surface area contributed by atoms with Crippen molar-refractivity contribution >= 4 is 12.4 Å². The molecule has 0 unspecified atom stereocenters. The van der Waals surface area contributed by atoms with Crippen molar-refractivity contribution < 1.29 is 0 Å². The number of hydrogen-bond donors (Lipinski definition) is 2. The van der Waals surface area contributed by atoms with E-state index in [1.165, 1.54) is 0 Å². The molecule has 0 spiro atoms. The molecule has 0 fully saturated rings. The maximum Gasteiger partial charge on any atom is 0.00251 e. The fourth-order valence-electron chi connectivity index (χ4n) is 0.586. The molecule has 0 saturated carbocycles. The van der Waals surface area contributed by atoms with Gasteiger partial charge < -0.3 is 11.5 Å². The molecular formula is C5H15ClN2. The third-order valence-electron chi connectivity index (χ3n) is 0.744. The summed E-state index contributed by atoms with van der Waals surface area (Å²) < 4.78 is 0. The monoisotopic (exact) mass is 138 g/mol. The second kappa shape index (κ2) is 5.35. The van der Waals surface area contributed by atoms with Gasteiger partial charge in [0.25, 0.3) is 0 Å². The molecule has 0 aliphatic heterocycles. The predicted molar refractivity (Wildman–Crippen MR) is 39.2 cm³/mol. The van der Waals surface area contributed by atoms with Crippen LogP contribution in [0.15, 0.2) is 0 Å². The molecule has 0 radical (unpaired) electrons. The molecule has 0 saturated heterocycles. The molecule has 2 atom stereocenters. The van der Waals surface area contributed by atoms with E-state index < -0.39 is 0 Å². The summed E-state index contributed by atoms with van der Waals surface area (Å²) in [7, 11) is 0. The zero-order chi connectivity index (χ0) is 5.86. The van der Waals surface area contributed by atoms with Gasteiger partial charge in [0, 0.05) is 12.1 Å². The largest absolute Gasteiger partial charge is 0.328 e. The molecule has 52 valence electrons. The second-order valence-electron chi connectivity index (χ2n) is 2.19. The number of halogens is 1. The summed E-state index contributed by atoms with van der Waals surface area (Å²) in [5.74, 6) is 0. The maximum atomic E-state index is 5.41. The van der Waals surface area contributed by atoms with Gasteiger partial charge in [-0.1, -0.05) is 0 Å². The Bertz CT molecular complexity index is 39.7. The number of rotatable bonds is 2. The zero-order valence-electron chi connectivity index (χ0n) is 5.42. The average Bonchev–Trinajstić information content (AvgIpc) is 1.27. The topological polar surface area (TPSA) is 52.0 Å². The molecule has 0 heterocycles. The molecule has 0 aromatic heterocycles. The van der Waals surface area contributed by atoms with Crippen LogP contribution in [0.25, 0.3) is 0 Å². The van der Waals surface area contributed by atoms with E-state index in [1.54, 1.807) is 0 Å². The second-order valence-corrected chi connectivity index (χ2v) is 2.19. The van der Waals surface area contributed by atoms with Crippen LogP contribution in [-0.4, -0.2) is 12.1 Å². The van der Waals surface area contributed by atoms with Crippen LogP contribution in [0.3, 0.4) is 0 Å². The molecule has 3 heteroatoms. The normalized spacial score (nSPS) is 16.5. The fourth-order valence-corrected chi connectivity index (χ4v) is 0.586. The van der Waals surface area contributed by atoms with E-state index in [-0.39, 0.29) is 24.5 Å². The van der Waals surface area contributed by atoms with Crippen LogP contribution in [0.2, 0.25) is 0 Å². The minimum atomic E-state index is 0. The SMILES string of the molecule is C[C@H](N)C[C@H](C)N.Cl. The molecular weight excluding hydrogens is 124 g/mol. The Morgan fingerprint density at radius 2 is 1.38 bits per heavy atom. The van der Waals surface area contributed by atoms with E-state index >= 15 is 0 Å². The van der Waals surface area contributed by atoms with Gasteiger partial charge in [-0.3, -0.25) is 0 Å². The van der Waals surface area contributed by atoms with Gasteiger partial charge in [-0.2, -0.15) is 0 Å². The van der Waals surface area contributed by atoms with Gasteiger partial charge >= 0.3 is 0 Å². The van der Waals surface area contributed by atoms with E-state index in [4.69, 9.17) is 11.5 Å². The van der Waals surface area contributed by atoms with Crippen molar-refractivity contribution in [2.75, 3.05) is 0 Å². The van der Waals surface area contributed by atoms with Gasteiger partial charge in [-0.15, -0.1) is 12.4 Å². The standard InChI is InChI=1S/C5H14N2.ClH/c1-4(6)3-5(2)7;/h4-5H,3,6-7H2,1-2H3;1H/t4-,5-;/m0./s1. The average molecular weight is 139 g/mol. The third-order valence-corrected chi connectivity index (χ3v) is 0.744. The Morgan fingerprint density at radius 1 is 1.12 bits per heavy atom. The molecule has 0 aromatic rings. The summed E-state index contributed by atoms with van der Waals surface area (Å²) in [4.78, 5) is 0. The van der Waals surface area contributed by atoms with E-state index in [1.807, 2.05) is 13.8 Å². The van der Waals surface area contributed by atoms with Crippen molar-refractivity contribution in [3.05, 3.63) is 0 Å².